The first kappa shape index (κ1) is 10.1. The largest absolute Gasteiger partial charge is 0.507 e. The lowest BCUT2D eigenvalue weighted by Crippen LogP contribution is -2.01. The number of aromatic hydroxyl groups is 1. The standard InChI is InChI=1S/C10H8O4/c1-2-8(11)6-4-3-5-7(9(6)12)10(13)14/h1,3-5,8,11-12H,(H,13,14). The Kier molecular flexibility index (Phi) is 2.75. The summed E-state index contributed by atoms with van der Waals surface area (Å²) in [6, 6.07) is 4.00. The molecular weight excluding hydrogens is 184 g/mol. The lowest BCUT2D eigenvalue weighted by atomic mass is 10.0. The summed E-state index contributed by atoms with van der Waals surface area (Å²) in [6.45, 7) is 0. The van der Waals surface area contributed by atoms with Crippen LogP contribution in [0, 0.1) is 12.3 Å². The number of aliphatic hydroxyl groups is 1. The first-order valence-electron chi connectivity index (χ1n) is 3.77. The molecule has 0 heterocycles. The van der Waals surface area contributed by atoms with Crippen molar-refractivity contribution >= 4 is 5.97 Å². The van der Waals surface area contributed by atoms with E-state index >= 15 is 0 Å². The highest BCUT2D eigenvalue weighted by atomic mass is 16.4. The molecule has 0 bridgehead atoms. The number of carboxylic acids is 1. The van der Waals surface area contributed by atoms with E-state index in [1.807, 2.05) is 5.92 Å². The van der Waals surface area contributed by atoms with Gasteiger partial charge in [0.05, 0.1) is 0 Å². The molecule has 14 heavy (non-hydrogen) atoms. The fourth-order valence-electron chi connectivity index (χ4n) is 1.04. The van der Waals surface area contributed by atoms with Crippen LogP contribution in [0.1, 0.15) is 22.0 Å². The number of carbonyl (C=O) groups is 1. The van der Waals surface area contributed by atoms with E-state index in [-0.39, 0.29) is 11.1 Å². The molecule has 1 unspecified atom stereocenters. The number of phenols is 1. The molecule has 4 heteroatoms. The summed E-state index contributed by atoms with van der Waals surface area (Å²) in [6.07, 6.45) is 3.64. The number of para-hydroxylation sites is 1. The van der Waals surface area contributed by atoms with Crippen molar-refractivity contribution in [2.24, 2.45) is 0 Å². The Labute approximate surface area is 80.4 Å². The number of benzene rings is 1. The van der Waals surface area contributed by atoms with E-state index in [9.17, 15) is 15.0 Å². The van der Waals surface area contributed by atoms with Crippen LogP contribution in [0.2, 0.25) is 0 Å². The molecule has 0 aliphatic heterocycles. The van der Waals surface area contributed by atoms with Crippen molar-refractivity contribution in [1.29, 1.82) is 0 Å². The SMILES string of the molecule is C#CC(O)c1cccc(C(=O)O)c1O. The van der Waals surface area contributed by atoms with Gasteiger partial charge in [0, 0.05) is 5.56 Å². The molecule has 0 aliphatic rings. The molecule has 72 valence electrons. The summed E-state index contributed by atoms with van der Waals surface area (Å²) in [5.74, 6) is 0.226. The predicted octanol–water partition coefficient (Wildman–Crippen LogP) is 0.757. The van der Waals surface area contributed by atoms with Gasteiger partial charge in [0.2, 0.25) is 0 Å². The van der Waals surface area contributed by atoms with Gasteiger partial charge < -0.3 is 15.3 Å². The van der Waals surface area contributed by atoms with Crippen molar-refractivity contribution in [3.05, 3.63) is 29.3 Å². The molecular formula is C10H8O4. The maximum atomic E-state index is 10.6. The molecule has 0 radical (unpaired) electrons. The number of rotatable bonds is 2. The maximum absolute atomic E-state index is 10.6. The average molecular weight is 192 g/mol. The van der Waals surface area contributed by atoms with E-state index in [1.54, 1.807) is 0 Å². The zero-order chi connectivity index (χ0) is 10.7. The molecule has 1 aromatic carbocycles. The summed E-state index contributed by atoms with van der Waals surface area (Å²) in [7, 11) is 0. The highest BCUT2D eigenvalue weighted by Crippen LogP contribution is 2.27. The molecule has 0 spiro atoms. The fourth-order valence-corrected chi connectivity index (χ4v) is 1.04. The molecule has 1 aromatic rings. The summed E-state index contributed by atoms with van der Waals surface area (Å²) < 4.78 is 0. The van der Waals surface area contributed by atoms with Crippen LogP contribution in [0.5, 0.6) is 5.75 Å². The number of terminal acetylenes is 1. The van der Waals surface area contributed by atoms with Gasteiger partial charge in [-0.25, -0.2) is 4.79 Å². The third-order valence-corrected chi connectivity index (χ3v) is 1.75. The van der Waals surface area contributed by atoms with Crippen molar-refractivity contribution in [2.45, 2.75) is 6.10 Å². The smallest absolute Gasteiger partial charge is 0.339 e. The Morgan fingerprint density at radius 2 is 2.14 bits per heavy atom. The van der Waals surface area contributed by atoms with Gasteiger partial charge in [-0.3, -0.25) is 0 Å². The van der Waals surface area contributed by atoms with Crippen molar-refractivity contribution in [3.63, 3.8) is 0 Å². The van der Waals surface area contributed by atoms with Crippen LogP contribution in [-0.2, 0) is 0 Å². The number of carboxylic acid groups (broad SMARTS) is 1. The van der Waals surface area contributed by atoms with E-state index in [0.29, 0.717) is 0 Å². The van der Waals surface area contributed by atoms with E-state index in [4.69, 9.17) is 11.5 Å². The normalized spacial score (nSPS) is 11.7. The fraction of sp³-hybridized carbons (Fsp3) is 0.100. The summed E-state index contributed by atoms with van der Waals surface area (Å²) in [5.41, 5.74) is -0.260. The van der Waals surface area contributed by atoms with E-state index < -0.39 is 17.8 Å². The molecule has 0 aliphatic carbocycles. The van der Waals surface area contributed by atoms with Crippen molar-refractivity contribution in [1.82, 2.24) is 0 Å². The van der Waals surface area contributed by atoms with E-state index in [1.165, 1.54) is 18.2 Å². The Balaban J connectivity index is 3.29. The quantitative estimate of drug-likeness (QED) is 0.604. The van der Waals surface area contributed by atoms with Gasteiger partial charge in [-0.1, -0.05) is 18.1 Å². The minimum Gasteiger partial charge on any atom is -0.507 e. The third-order valence-electron chi connectivity index (χ3n) is 1.75. The Morgan fingerprint density at radius 3 is 2.64 bits per heavy atom. The van der Waals surface area contributed by atoms with Crippen LogP contribution in [0.4, 0.5) is 0 Å². The van der Waals surface area contributed by atoms with Crippen molar-refractivity contribution in [2.75, 3.05) is 0 Å². The van der Waals surface area contributed by atoms with Gasteiger partial charge in [0.25, 0.3) is 0 Å². The van der Waals surface area contributed by atoms with Gasteiger partial charge in [0.15, 0.2) is 0 Å². The lowest BCUT2D eigenvalue weighted by molar-refractivity contribution is 0.0693. The van der Waals surface area contributed by atoms with Crippen LogP contribution in [-0.4, -0.2) is 21.3 Å². The minimum absolute atomic E-state index is 0.0207. The summed E-state index contributed by atoms with van der Waals surface area (Å²) in [4.78, 5) is 10.6. The zero-order valence-electron chi connectivity index (χ0n) is 7.14. The van der Waals surface area contributed by atoms with Gasteiger partial charge in [-0.2, -0.15) is 0 Å². The number of aliphatic hydroxyl groups excluding tert-OH is 1. The molecule has 1 atom stereocenters. The van der Waals surface area contributed by atoms with Crippen molar-refractivity contribution < 1.29 is 20.1 Å². The second-order valence-electron chi connectivity index (χ2n) is 2.62. The van der Waals surface area contributed by atoms with Crippen molar-refractivity contribution in [3.8, 4) is 18.1 Å². The highest BCUT2D eigenvalue weighted by Gasteiger charge is 2.16. The number of hydrogen-bond acceptors (Lipinski definition) is 3. The van der Waals surface area contributed by atoms with E-state index in [2.05, 4.69) is 0 Å². The second kappa shape index (κ2) is 3.81. The Hall–Kier alpha value is -1.99. The van der Waals surface area contributed by atoms with Gasteiger partial charge >= 0.3 is 5.97 Å². The van der Waals surface area contributed by atoms with Crippen LogP contribution >= 0.6 is 0 Å². The topological polar surface area (TPSA) is 77.8 Å². The molecule has 3 N–H and O–H groups in total. The van der Waals surface area contributed by atoms with Crippen LogP contribution in [0.15, 0.2) is 18.2 Å². The third kappa shape index (κ3) is 1.68. The van der Waals surface area contributed by atoms with Gasteiger partial charge in [0.1, 0.15) is 17.4 Å². The van der Waals surface area contributed by atoms with E-state index in [0.717, 1.165) is 0 Å². The minimum atomic E-state index is -1.30. The predicted molar refractivity (Wildman–Crippen MR) is 48.9 cm³/mol. The average Bonchev–Trinajstić information content (AvgIpc) is 2.16. The highest BCUT2D eigenvalue weighted by molar-refractivity contribution is 5.91. The molecule has 0 fully saturated rings. The van der Waals surface area contributed by atoms with Crippen LogP contribution < -0.4 is 0 Å². The zero-order valence-corrected chi connectivity index (χ0v) is 7.14. The molecule has 4 nitrogen and oxygen atoms in total. The molecule has 0 aromatic heterocycles. The lowest BCUT2D eigenvalue weighted by Gasteiger charge is -2.08. The van der Waals surface area contributed by atoms with Crippen LogP contribution in [0.25, 0.3) is 0 Å². The van der Waals surface area contributed by atoms with Crippen LogP contribution in [0.3, 0.4) is 0 Å². The number of aromatic carboxylic acids is 1. The maximum Gasteiger partial charge on any atom is 0.339 e. The van der Waals surface area contributed by atoms with Gasteiger partial charge in [-0.15, -0.1) is 6.42 Å². The summed E-state index contributed by atoms with van der Waals surface area (Å²) >= 11 is 0. The first-order valence-corrected chi connectivity index (χ1v) is 3.77. The molecule has 1 rings (SSSR count). The molecule has 0 amide bonds. The first-order chi connectivity index (χ1) is 6.57. The summed E-state index contributed by atoms with van der Waals surface area (Å²) in [5, 5.41) is 27.3. The molecule has 0 saturated heterocycles. The second-order valence-corrected chi connectivity index (χ2v) is 2.62. The van der Waals surface area contributed by atoms with Gasteiger partial charge in [-0.05, 0) is 6.07 Å². The number of hydrogen-bond donors (Lipinski definition) is 3. The monoisotopic (exact) mass is 192 g/mol. The molecule has 0 saturated carbocycles. The Bertz CT molecular complexity index is 403. The Morgan fingerprint density at radius 1 is 1.50 bits per heavy atom.